The van der Waals surface area contributed by atoms with E-state index in [1.165, 1.54) is 12.8 Å². The summed E-state index contributed by atoms with van der Waals surface area (Å²) in [6.07, 6.45) is 3.70. The maximum Gasteiger partial charge on any atom is 0.130 e. The number of rotatable bonds is 7. The molecule has 1 unspecified atom stereocenters. The van der Waals surface area contributed by atoms with Gasteiger partial charge in [-0.15, -0.1) is 0 Å². The number of hydrogen-bond donors (Lipinski definition) is 1. The van der Waals surface area contributed by atoms with Gasteiger partial charge in [-0.3, -0.25) is 0 Å². The summed E-state index contributed by atoms with van der Waals surface area (Å²) in [7, 11) is 2.07. The van der Waals surface area contributed by atoms with Crippen LogP contribution in [0, 0.1) is 11.7 Å². The van der Waals surface area contributed by atoms with Gasteiger partial charge in [0.25, 0.3) is 0 Å². The zero-order valence-corrected chi connectivity index (χ0v) is 12.2. The zero-order chi connectivity index (χ0) is 13.8. The molecule has 2 nitrogen and oxygen atoms in total. The third kappa shape index (κ3) is 3.69. The van der Waals surface area contributed by atoms with Crippen LogP contribution in [0.25, 0.3) is 0 Å². The molecule has 0 spiro atoms. The second kappa shape index (κ2) is 6.38. The molecule has 1 fully saturated rings. The number of halogens is 1. The van der Waals surface area contributed by atoms with Crippen LogP contribution < -0.4 is 10.2 Å². The van der Waals surface area contributed by atoms with E-state index in [0.717, 1.165) is 36.7 Å². The Bertz CT molecular complexity index is 415. The molecule has 1 N–H and O–H groups in total. The molecule has 0 saturated heterocycles. The molecule has 0 radical (unpaired) electrons. The van der Waals surface area contributed by atoms with E-state index in [2.05, 4.69) is 24.2 Å². The minimum Gasteiger partial charge on any atom is -0.374 e. The highest BCUT2D eigenvalue weighted by Crippen LogP contribution is 2.34. The van der Waals surface area contributed by atoms with Crippen molar-refractivity contribution in [2.75, 3.05) is 25.0 Å². The number of nitrogens with zero attached hydrogens (tertiary/aromatic N) is 1. The minimum absolute atomic E-state index is 0.0535. The normalized spacial score (nSPS) is 16.4. The molecule has 1 atom stereocenters. The standard InChI is InChI=1S/C16H25FN2/c1-4-10-18-12(2)16-14(17)6-5-7-15(16)19(3)11-13-8-9-13/h5-7,12-13,18H,4,8-11H2,1-3H3. The maximum absolute atomic E-state index is 14.2. The predicted molar refractivity (Wildman–Crippen MR) is 79.1 cm³/mol. The molecule has 0 amide bonds. The van der Waals surface area contributed by atoms with Gasteiger partial charge in [0.05, 0.1) is 0 Å². The lowest BCUT2D eigenvalue weighted by molar-refractivity contribution is 0.526. The number of hydrogen-bond acceptors (Lipinski definition) is 2. The van der Waals surface area contributed by atoms with E-state index in [1.807, 2.05) is 19.1 Å². The number of anilines is 1. The highest BCUT2D eigenvalue weighted by molar-refractivity contribution is 5.55. The molecule has 1 aliphatic carbocycles. The summed E-state index contributed by atoms with van der Waals surface area (Å²) in [6.45, 7) is 6.13. The lowest BCUT2D eigenvalue weighted by Gasteiger charge is -2.26. The van der Waals surface area contributed by atoms with E-state index in [-0.39, 0.29) is 11.9 Å². The smallest absolute Gasteiger partial charge is 0.130 e. The van der Waals surface area contributed by atoms with Gasteiger partial charge in [0.1, 0.15) is 5.82 Å². The summed E-state index contributed by atoms with van der Waals surface area (Å²) >= 11 is 0. The van der Waals surface area contributed by atoms with Crippen LogP contribution in [0.2, 0.25) is 0 Å². The molecule has 1 aliphatic rings. The molecule has 0 heterocycles. The molecule has 3 heteroatoms. The van der Waals surface area contributed by atoms with Crippen molar-refractivity contribution in [2.24, 2.45) is 5.92 Å². The molecule has 1 aromatic carbocycles. The van der Waals surface area contributed by atoms with Gasteiger partial charge < -0.3 is 10.2 Å². The van der Waals surface area contributed by atoms with Gasteiger partial charge in [-0.2, -0.15) is 0 Å². The Balaban J connectivity index is 2.18. The van der Waals surface area contributed by atoms with Gasteiger partial charge in [0.15, 0.2) is 0 Å². The van der Waals surface area contributed by atoms with Gasteiger partial charge >= 0.3 is 0 Å². The van der Waals surface area contributed by atoms with Crippen LogP contribution in [0.15, 0.2) is 18.2 Å². The Kier molecular flexibility index (Phi) is 4.81. The number of benzene rings is 1. The Hall–Kier alpha value is -1.09. The fraction of sp³-hybridized carbons (Fsp3) is 0.625. The molecular weight excluding hydrogens is 239 g/mol. The lowest BCUT2D eigenvalue weighted by Crippen LogP contribution is -2.26. The van der Waals surface area contributed by atoms with Gasteiger partial charge in [-0.05, 0) is 50.8 Å². The fourth-order valence-electron chi connectivity index (χ4n) is 2.54. The summed E-state index contributed by atoms with van der Waals surface area (Å²) in [5.74, 6) is 0.705. The topological polar surface area (TPSA) is 15.3 Å². The summed E-state index contributed by atoms with van der Waals surface area (Å²) in [5, 5.41) is 3.39. The van der Waals surface area contributed by atoms with E-state index >= 15 is 0 Å². The summed E-state index contributed by atoms with van der Waals surface area (Å²) in [4.78, 5) is 2.21. The van der Waals surface area contributed by atoms with Gasteiger partial charge in [0, 0.05) is 30.9 Å². The van der Waals surface area contributed by atoms with Gasteiger partial charge in [0.2, 0.25) is 0 Å². The van der Waals surface area contributed by atoms with Crippen molar-refractivity contribution >= 4 is 5.69 Å². The largest absolute Gasteiger partial charge is 0.374 e. The molecule has 0 aromatic heterocycles. The molecule has 106 valence electrons. The van der Waals surface area contributed by atoms with E-state index in [9.17, 15) is 4.39 Å². The maximum atomic E-state index is 14.2. The molecule has 2 rings (SSSR count). The Morgan fingerprint density at radius 3 is 2.79 bits per heavy atom. The average molecular weight is 264 g/mol. The van der Waals surface area contributed by atoms with E-state index in [0.29, 0.717) is 0 Å². The predicted octanol–water partition coefficient (Wildman–Crippen LogP) is 3.73. The molecule has 0 aliphatic heterocycles. The van der Waals surface area contributed by atoms with Crippen LogP contribution in [-0.2, 0) is 0 Å². The monoisotopic (exact) mass is 264 g/mol. The Morgan fingerprint density at radius 2 is 2.16 bits per heavy atom. The molecule has 19 heavy (non-hydrogen) atoms. The lowest BCUT2D eigenvalue weighted by atomic mass is 10.0. The van der Waals surface area contributed by atoms with Crippen molar-refractivity contribution < 1.29 is 4.39 Å². The second-order valence-corrected chi connectivity index (χ2v) is 5.67. The Morgan fingerprint density at radius 1 is 1.42 bits per heavy atom. The van der Waals surface area contributed by atoms with Crippen LogP contribution in [0.3, 0.4) is 0 Å². The zero-order valence-electron chi connectivity index (χ0n) is 12.2. The van der Waals surface area contributed by atoms with Crippen LogP contribution >= 0.6 is 0 Å². The summed E-state index contributed by atoms with van der Waals surface area (Å²) < 4.78 is 14.2. The fourth-order valence-corrected chi connectivity index (χ4v) is 2.54. The molecule has 1 aromatic rings. The molecular formula is C16H25FN2. The quantitative estimate of drug-likeness (QED) is 0.807. The van der Waals surface area contributed by atoms with Crippen molar-refractivity contribution in [3.05, 3.63) is 29.6 Å². The first-order chi connectivity index (χ1) is 9.13. The Labute approximate surface area is 116 Å². The van der Waals surface area contributed by atoms with Crippen LogP contribution in [0.4, 0.5) is 10.1 Å². The van der Waals surface area contributed by atoms with E-state index < -0.39 is 0 Å². The van der Waals surface area contributed by atoms with E-state index in [4.69, 9.17) is 0 Å². The molecule has 1 saturated carbocycles. The van der Waals surface area contributed by atoms with Crippen molar-refractivity contribution in [1.82, 2.24) is 5.32 Å². The highest BCUT2D eigenvalue weighted by Gasteiger charge is 2.25. The highest BCUT2D eigenvalue weighted by atomic mass is 19.1. The van der Waals surface area contributed by atoms with Crippen LogP contribution in [0.5, 0.6) is 0 Å². The van der Waals surface area contributed by atoms with Crippen molar-refractivity contribution in [3.8, 4) is 0 Å². The number of nitrogens with one attached hydrogen (secondary N) is 1. The third-order valence-corrected chi connectivity index (χ3v) is 3.80. The summed E-state index contributed by atoms with van der Waals surface area (Å²) in [5.41, 5.74) is 1.84. The van der Waals surface area contributed by atoms with Crippen LogP contribution in [-0.4, -0.2) is 20.1 Å². The van der Waals surface area contributed by atoms with Crippen molar-refractivity contribution in [3.63, 3.8) is 0 Å². The van der Waals surface area contributed by atoms with Crippen molar-refractivity contribution in [2.45, 2.75) is 39.2 Å². The molecule has 0 bridgehead atoms. The van der Waals surface area contributed by atoms with Gasteiger partial charge in [-0.25, -0.2) is 4.39 Å². The van der Waals surface area contributed by atoms with E-state index in [1.54, 1.807) is 6.07 Å². The first-order valence-corrected chi connectivity index (χ1v) is 7.36. The average Bonchev–Trinajstić information content (AvgIpc) is 3.19. The SMILES string of the molecule is CCCNC(C)c1c(F)cccc1N(C)CC1CC1. The first-order valence-electron chi connectivity index (χ1n) is 7.36. The van der Waals surface area contributed by atoms with Crippen molar-refractivity contribution in [1.29, 1.82) is 0 Å². The van der Waals surface area contributed by atoms with Gasteiger partial charge in [-0.1, -0.05) is 13.0 Å². The third-order valence-electron chi connectivity index (χ3n) is 3.80. The van der Waals surface area contributed by atoms with Crippen LogP contribution in [0.1, 0.15) is 44.7 Å². The minimum atomic E-state index is -0.101. The summed E-state index contributed by atoms with van der Waals surface area (Å²) in [6, 6.07) is 5.46. The second-order valence-electron chi connectivity index (χ2n) is 5.67. The first kappa shape index (κ1) is 14.3.